The molecule has 0 amide bonds. The SMILES string of the molecule is CCCCCCCCCCCCC(OCc1cccc(OC)c1)C(=O)O. The fraction of sp³-hybridized carbons (Fsp3) is 0.682. The largest absolute Gasteiger partial charge is 0.497 e. The van der Waals surface area contributed by atoms with Crippen LogP contribution in [0, 0.1) is 0 Å². The lowest BCUT2D eigenvalue weighted by atomic mass is 10.0. The minimum atomic E-state index is -0.871. The van der Waals surface area contributed by atoms with Gasteiger partial charge in [0.25, 0.3) is 0 Å². The first kappa shape index (κ1) is 22.5. The average Bonchev–Trinajstić information content (AvgIpc) is 2.65. The van der Waals surface area contributed by atoms with Gasteiger partial charge in [0.2, 0.25) is 0 Å². The van der Waals surface area contributed by atoms with Crippen molar-refractivity contribution in [2.45, 2.75) is 90.3 Å². The zero-order chi connectivity index (χ0) is 19.0. The molecule has 4 heteroatoms. The van der Waals surface area contributed by atoms with Crippen molar-refractivity contribution in [1.29, 1.82) is 0 Å². The van der Waals surface area contributed by atoms with Crippen LogP contribution in [0.15, 0.2) is 24.3 Å². The fourth-order valence-corrected chi connectivity index (χ4v) is 3.05. The van der Waals surface area contributed by atoms with E-state index in [1.807, 2.05) is 24.3 Å². The van der Waals surface area contributed by atoms with E-state index in [9.17, 15) is 9.90 Å². The minimum absolute atomic E-state index is 0.298. The third-order valence-electron chi connectivity index (χ3n) is 4.68. The Balaban J connectivity index is 2.14. The topological polar surface area (TPSA) is 55.8 Å². The molecule has 1 N–H and O–H groups in total. The van der Waals surface area contributed by atoms with Gasteiger partial charge in [0.15, 0.2) is 6.10 Å². The number of ether oxygens (including phenoxy) is 2. The van der Waals surface area contributed by atoms with E-state index in [2.05, 4.69) is 6.92 Å². The van der Waals surface area contributed by atoms with Gasteiger partial charge in [0.05, 0.1) is 13.7 Å². The van der Waals surface area contributed by atoms with E-state index in [-0.39, 0.29) is 0 Å². The summed E-state index contributed by atoms with van der Waals surface area (Å²) in [4.78, 5) is 11.4. The number of carbonyl (C=O) groups is 1. The second kappa shape index (κ2) is 14.6. The summed E-state index contributed by atoms with van der Waals surface area (Å²) in [7, 11) is 1.62. The molecule has 0 heterocycles. The molecule has 0 fully saturated rings. The van der Waals surface area contributed by atoms with E-state index in [0.29, 0.717) is 13.0 Å². The molecule has 1 aromatic carbocycles. The van der Waals surface area contributed by atoms with Crippen LogP contribution in [0.1, 0.15) is 83.1 Å². The maximum absolute atomic E-state index is 11.4. The highest BCUT2D eigenvalue weighted by Crippen LogP contribution is 2.16. The second-order valence-electron chi connectivity index (χ2n) is 6.96. The number of benzene rings is 1. The summed E-state index contributed by atoms with van der Waals surface area (Å²) in [6.07, 6.45) is 12.3. The van der Waals surface area contributed by atoms with Gasteiger partial charge in [-0.15, -0.1) is 0 Å². The van der Waals surface area contributed by atoms with E-state index in [0.717, 1.165) is 24.2 Å². The van der Waals surface area contributed by atoms with Crippen molar-refractivity contribution in [3.05, 3.63) is 29.8 Å². The van der Waals surface area contributed by atoms with Crippen molar-refractivity contribution in [3.8, 4) is 5.75 Å². The van der Waals surface area contributed by atoms with Gasteiger partial charge in [-0.25, -0.2) is 4.79 Å². The van der Waals surface area contributed by atoms with Gasteiger partial charge in [0.1, 0.15) is 5.75 Å². The van der Waals surface area contributed by atoms with Gasteiger partial charge in [0, 0.05) is 0 Å². The number of aliphatic carboxylic acids is 1. The predicted octanol–water partition coefficient (Wildman–Crippen LogP) is 5.98. The quantitative estimate of drug-likeness (QED) is 0.367. The van der Waals surface area contributed by atoms with Crippen LogP contribution in [-0.2, 0) is 16.1 Å². The molecule has 1 atom stereocenters. The van der Waals surface area contributed by atoms with Gasteiger partial charge in [-0.05, 0) is 24.1 Å². The fourth-order valence-electron chi connectivity index (χ4n) is 3.05. The first-order valence-electron chi connectivity index (χ1n) is 10.1. The molecule has 148 valence electrons. The Morgan fingerprint density at radius 1 is 1.00 bits per heavy atom. The third-order valence-corrected chi connectivity index (χ3v) is 4.68. The lowest BCUT2D eigenvalue weighted by molar-refractivity contribution is -0.151. The molecule has 26 heavy (non-hydrogen) atoms. The molecule has 4 nitrogen and oxygen atoms in total. The van der Waals surface area contributed by atoms with Gasteiger partial charge in [-0.3, -0.25) is 0 Å². The summed E-state index contributed by atoms with van der Waals surface area (Å²) in [5.74, 6) is -0.114. The average molecular weight is 365 g/mol. The summed E-state index contributed by atoms with van der Waals surface area (Å²) in [5.41, 5.74) is 0.929. The zero-order valence-electron chi connectivity index (χ0n) is 16.5. The van der Waals surface area contributed by atoms with E-state index >= 15 is 0 Å². The number of hydrogen-bond donors (Lipinski definition) is 1. The third kappa shape index (κ3) is 10.4. The highest BCUT2D eigenvalue weighted by atomic mass is 16.5. The van der Waals surface area contributed by atoms with Crippen LogP contribution in [0.3, 0.4) is 0 Å². The molecule has 0 saturated heterocycles. The normalized spacial score (nSPS) is 12.1. The van der Waals surface area contributed by atoms with Crippen molar-refractivity contribution in [2.24, 2.45) is 0 Å². The lowest BCUT2D eigenvalue weighted by Crippen LogP contribution is -2.23. The van der Waals surface area contributed by atoms with Crippen molar-refractivity contribution in [1.82, 2.24) is 0 Å². The molecular formula is C22H36O4. The van der Waals surface area contributed by atoms with E-state index < -0.39 is 12.1 Å². The van der Waals surface area contributed by atoms with E-state index in [1.54, 1.807) is 7.11 Å². The van der Waals surface area contributed by atoms with Crippen LogP contribution < -0.4 is 4.74 Å². The highest BCUT2D eigenvalue weighted by molar-refractivity contribution is 5.72. The Kier molecular flexibility index (Phi) is 12.6. The van der Waals surface area contributed by atoms with Crippen molar-refractivity contribution in [3.63, 3.8) is 0 Å². The first-order valence-corrected chi connectivity index (χ1v) is 10.1. The second-order valence-corrected chi connectivity index (χ2v) is 6.96. The molecule has 0 aromatic heterocycles. The van der Waals surface area contributed by atoms with Crippen LogP contribution in [-0.4, -0.2) is 24.3 Å². The van der Waals surface area contributed by atoms with Gasteiger partial charge >= 0.3 is 5.97 Å². The smallest absolute Gasteiger partial charge is 0.332 e. The Morgan fingerprint density at radius 2 is 1.62 bits per heavy atom. The number of unbranched alkanes of at least 4 members (excludes halogenated alkanes) is 9. The molecule has 0 spiro atoms. The molecule has 0 aliphatic rings. The maximum atomic E-state index is 11.4. The Labute approximate surface area is 158 Å². The Morgan fingerprint density at radius 3 is 2.19 bits per heavy atom. The maximum Gasteiger partial charge on any atom is 0.332 e. The van der Waals surface area contributed by atoms with Gasteiger partial charge in [-0.2, -0.15) is 0 Å². The minimum Gasteiger partial charge on any atom is -0.497 e. The van der Waals surface area contributed by atoms with Crippen molar-refractivity contribution >= 4 is 5.97 Å². The summed E-state index contributed by atoms with van der Waals surface area (Å²) < 4.78 is 10.8. The molecule has 0 aliphatic heterocycles. The van der Waals surface area contributed by atoms with Gasteiger partial charge in [-0.1, -0.05) is 83.3 Å². The molecule has 1 aromatic rings. The van der Waals surface area contributed by atoms with Crippen molar-refractivity contribution < 1.29 is 19.4 Å². The van der Waals surface area contributed by atoms with Crippen molar-refractivity contribution in [2.75, 3.05) is 7.11 Å². The number of methoxy groups -OCH3 is 1. The molecular weight excluding hydrogens is 328 g/mol. The highest BCUT2D eigenvalue weighted by Gasteiger charge is 2.17. The van der Waals surface area contributed by atoms with Crippen LogP contribution in [0.25, 0.3) is 0 Å². The molecule has 0 aliphatic carbocycles. The molecule has 0 saturated carbocycles. The van der Waals surface area contributed by atoms with Gasteiger partial charge < -0.3 is 14.6 Å². The number of carboxylic acid groups (broad SMARTS) is 1. The van der Waals surface area contributed by atoms with Crippen LogP contribution in [0.2, 0.25) is 0 Å². The number of rotatable bonds is 16. The van der Waals surface area contributed by atoms with Crippen LogP contribution in [0.5, 0.6) is 5.75 Å². The van der Waals surface area contributed by atoms with E-state index in [1.165, 1.54) is 51.4 Å². The summed E-state index contributed by atoms with van der Waals surface area (Å²) in [6.45, 7) is 2.54. The summed E-state index contributed by atoms with van der Waals surface area (Å²) >= 11 is 0. The monoisotopic (exact) mass is 364 g/mol. The molecule has 0 bridgehead atoms. The number of hydrogen-bond acceptors (Lipinski definition) is 3. The van der Waals surface area contributed by atoms with Crippen LogP contribution in [0.4, 0.5) is 0 Å². The van der Waals surface area contributed by atoms with E-state index in [4.69, 9.17) is 9.47 Å². The molecule has 1 rings (SSSR count). The Bertz CT molecular complexity index is 487. The lowest BCUT2D eigenvalue weighted by Gasteiger charge is -2.14. The summed E-state index contributed by atoms with van der Waals surface area (Å²) in [6, 6.07) is 7.54. The first-order chi connectivity index (χ1) is 12.7. The summed E-state index contributed by atoms with van der Waals surface area (Å²) in [5, 5.41) is 9.35. The molecule has 0 radical (unpaired) electrons. The van der Waals surface area contributed by atoms with Crippen LogP contribution >= 0.6 is 0 Å². The number of carboxylic acids is 1. The Hall–Kier alpha value is -1.55. The zero-order valence-corrected chi connectivity index (χ0v) is 16.5. The predicted molar refractivity (Wildman–Crippen MR) is 106 cm³/mol. The molecule has 1 unspecified atom stereocenters. The standard InChI is InChI=1S/C22H36O4/c1-3-4-5-6-7-8-9-10-11-12-16-21(22(23)24)26-18-19-14-13-15-20(17-19)25-2/h13-15,17,21H,3-12,16,18H2,1-2H3,(H,23,24).